The summed E-state index contributed by atoms with van der Waals surface area (Å²) in [5.41, 5.74) is 5.89. The topological polar surface area (TPSA) is 122 Å². The van der Waals surface area contributed by atoms with Crippen LogP contribution in [0.1, 0.15) is 44.5 Å². The lowest BCUT2D eigenvalue weighted by molar-refractivity contribution is -0.150. The van der Waals surface area contributed by atoms with Crippen molar-refractivity contribution in [1.29, 1.82) is 0 Å². The van der Waals surface area contributed by atoms with Crippen molar-refractivity contribution in [3.05, 3.63) is 48.1 Å². The highest BCUT2D eigenvalue weighted by Gasteiger charge is 2.24. The molecular weight excluding hydrogens is 445 g/mol. The van der Waals surface area contributed by atoms with Crippen molar-refractivity contribution in [2.75, 3.05) is 14.2 Å². The predicted molar refractivity (Wildman–Crippen MR) is 127 cm³/mol. The molecule has 1 aromatic heterocycles. The van der Waals surface area contributed by atoms with E-state index in [1.54, 1.807) is 13.8 Å². The Balaban J connectivity index is 0.00000182. The van der Waals surface area contributed by atoms with E-state index in [1.807, 2.05) is 0 Å². The van der Waals surface area contributed by atoms with Gasteiger partial charge in [-0.2, -0.15) is 0 Å². The van der Waals surface area contributed by atoms with E-state index in [0.717, 1.165) is 13.2 Å². The number of nitrogens with zero attached hydrogens (tertiary/aromatic N) is 2. The summed E-state index contributed by atoms with van der Waals surface area (Å²) >= 11 is 0. The van der Waals surface area contributed by atoms with Gasteiger partial charge in [0.05, 0.1) is 25.3 Å². The quantitative estimate of drug-likeness (QED) is 0.203. The first-order valence-electron chi connectivity index (χ1n) is 10.7. The third-order valence-electron chi connectivity index (χ3n) is 4.47. The fourth-order valence-electron chi connectivity index (χ4n) is 2.65. The van der Waals surface area contributed by atoms with Gasteiger partial charge in [0, 0.05) is 11.6 Å². The van der Waals surface area contributed by atoms with E-state index >= 15 is 0 Å². The number of benzene rings is 1. The lowest BCUT2D eigenvalue weighted by Crippen LogP contribution is -2.37. The van der Waals surface area contributed by atoms with Crippen LogP contribution in [0.5, 0.6) is 0 Å². The van der Waals surface area contributed by atoms with Gasteiger partial charge in [-0.1, -0.05) is 40.7 Å². The molecule has 1 atom stereocenters. The monoisotopic (exact) mass is 477 g/mol. The van der Waals surface area contributed by atoms with Crippen LogP contribution in [0.2, 0.25) is 0 Å². The molecule has 0 saturated heterocycles. The first kappa shape index (κ1) is 28.5. The summed E-state index contributed by atoms with van der Waals surface area (Å²) in [6.07, 6.45) is 2.62. The average molecular weight is 478 g/mol. The van der Waals surface area contributed by atoms with Crippen molar-refractivity contribution in [1.82, 2.24) is 4.57 Å². The van der Waals surface area contributed by atoms with Gasteiger partial charge in [0.2, 0.25) is 5.78 Å². The Morgan fingerprint density at radius 3 is 2.32 bits per heavy atom. The zero-order valence-electron chi connectivity index (χ0n) is 20.4. The molecule has 9 nitrogen and oxygen atoms in total. The highest BCUT2D eigenvalue weighted by molar-refractivity contribution is 6.45. The summed E-state index contributed by atoms with van der Waals surface area (Å²) in [4.78, 5) is 40.4. The Kier molecular flexibility index (Phi) is 11.1. The number of esters is 2. The minimum absolute atomic E-state index is 0.0250. The van der Waals surface area contributed by atoms with Crippen LogP contribution >= 0.6 is 0 Å². The second kappa shape index (κ2) is 13.2. The van der Waals surface area contributed by atoms with Crippen LogP contribution in [-0.4, -0.2) is 48.4 Å². The Labute approximate surface area is 198 Å². The van der Waals surface area contributed by atoms with Crippen molar-refractivity contribution in [3.8, 4) is 0 Å². The van der Waals surface area contributed by atoms with E-state index < -0.39 is 35.5 Å². The number of aliphatic imine (C=N–C) groups is 1. The molecule has 0 amide bonds. The minimum atomic E-state index is -0.843. The summed E-state index contributed by atoms with van der Waals surface area (Å²) in [5, 5.41) is 0.239. The second-order valence-electron chi connectivity index (χ2n) is 7.63. The third-order valence-corrected chi connectivity index (χ3v) is 4.47. The molecule has 0 bridgehead atoms. The Morgan fingerprint density at radius 1 is 1.18 bits per heavy atom. The third kappa shape index (κ3) is 7.24. The number of hydrogen-bond donors (Lipinski definition) is 1. The van der Waals surface area contributed by atoms with Crippen molar-refractivity contribution >= 4 is 34.5 Å². The summed E-state index contributed by atoms with van der Waals surface area (Å²) in [7, 11) is 2.33. The van der Waals surface area contributed by atoms with E-state index in [4.69, 9.17) is 15.2 Å². The Hall–Kier alpha value is -3.53. The van der Waals surface area contributed by atoms with Crippen LogP contribution in [0.4, 0.5) is 4.39 Å². The Bertz CT molecular complexity index is 1070. The number of nitrogens with two attached hydrogens (primary N) is 1. The van der Waals surface area contributed by atoms with Crippen LogP contribution in [-0.2, 0) is 30.5 Å². The molecule has 1 aromatic carbocycles. The van der Waals surface area contributed by atoms with Crippen LogP contribution in [0.3, 0.4) is 0 Å². The first-order chi connectivity index (χ1) is 16.0. The molecule has 2 aromatic rings. The molecular formula is C24H32FN3O6. The molecule has 0 radical (unpaired) electrons. The highest BCUT2D eigenvalue weighted by atomic mass is 19.1. The van der Waals surface area contributed by atoms with Gasteiger partial charge < -0.3 is 24.5 Å². The summed E-state index contributed by atoms with van der Waals surface area (Å²) in [6, 6.07) is 2.99. The number of ether oxygens (including phenoxy) is 3. The van der Waals surface area contributed by atoms with Crippen molar-refractivity contribution in [2.45, 2.75) is 46.9 Å². The van der Waals surface area contributed by atoms with Gasteiger partial charge in [0.25, 0.3) is 5.90 Å². The van der Waals surface area contributed by atoms with Gasteiger partial charge in [-0.25, -0.2) is 14.2 Å². The zero-order chi connectivity index (χ0) is 26.0. The fourth-order valence-corrected chi connectivity index (χ4v) is 2.65. The van der Waals surface area contributed by atoms with Gasteiger partial charge in [-0.05, 0) is 24.1 Å². The molecule has 0 aliphatic heterocycles. The van der Waals surface area contributed by atoms with Crippen molar-refractivity contribution < 1.29 is 33.0 Å². The molecule has 0 aliphatic rings. The molecule has 34 heavy (non-hydrogen) atoms. The summed E-state index contributed by atoms with van der Waals surface area (Å²) in [6.45, 7) is 11.0. The molecule has 0 fully saturated rings. The van der Waals surface area contributed by atoms with Gasteiger partial charge in [-0.15, -0.1) is 0 Å². The molecule has 1 heterocycles. The number of Topliss-reactive ketones (excluding diaryl/α,β-unsaturated/α-hetero) is 1. The van der Waals surface area contributed by atoms with Gasteiger partial charge >= 0.3 is 11.9 Å². The van der Waals surface area contributed by atoms with E-state index in [-0.39, 0.29) is 29.3 Å². The van der Waals surface area contributed by atoms with Crippen LogP contribution < -0.4 is 5.73 Å². The van der Waals surface area contributed by atoms with Crippen molar-refractivity contribution in [3.63, 3.8) is 0 Å². The lowest BCUT2D eigenvalue weighted by Gasteiger charge is -2.15. The van der Waals surface area contributed by atoms with Gasteiger partial charge in [0.1, 0.15) is 17.6 Å². The molecule has 0 saturated carbocycles. The number of aromatic nitrogens is 1. The van der Waals surface area contributed by atoms with Crippen LogP contribution in [0.15, 0.2) is 41.7 Å². The fraction of sp³-hybridized carbons (Fsp3) is 0.417. The number of methoxy groups -OCH3 is 2. The number of rotatable bonds is 8. The number of hydrogen-bond acceptors (Lipinski definition) is 8. The molecule has 2 N–H and O–H groups in total. The maximum absolute atomic E-state index is 13.9. The van der Waals surface area contributed by atoms with E-state index in [0.29, 0.717) is 5.52 Å². The molecule has 186 valence electrons. The molecule has 0 spiro atoms. The van der Waals surface area contributed by atoms with E-state index in [9.17, 15) is 18.8 Å². The zero-order valence-corrected chi connectivity index (χ0v) is 20.4. The second-order valence-corrected chi connectivity index (χ2v) is 7.63. The maximum atomic E-state index is 13.9. The number of halogens is 1. The SMILES string of the molecule is C=C(N=C(OC)C(=O)c1cn(COC(=O)C(N)C(C)C)c2ccc(F)cc12)C(=O)OC.CCC. The van der Waals surface area contributed by atoms with Crippen molar-refractivity contribution in [2.24, 2.45) is 16.6 Å². The summed E-state index contributed by atoms with van der Waals surface area (Å²) in [5.74, 6) is -3.33. The van der Waals surface area contributed by atoms with Crippen LogP contribution in [0.25, 0.3) is 10.9 Å². The predicted octanol–water partition coefficient (Wildman–Crippen LogP) is 3.60. The average Bonchev–Trinajstić information content (AvgIpc) is 3.17. The molecule has 10 heteroatoms. The smallest absolute Gasteiger partial charge is 0.356 e. The largest absolute Gasteiger partial charge is 0.478 e. The standard InChI is InChI=1S/C21H24FN3O6.C3H8/c1-11(2)17(23)21(28)31-10-25-9-15(14-8-13(22)6-7-16(14)25)18(26)19(29-4)24-12(3)20(27)30-5;1-3-2/h6-9,11,17H,3,10,23H2,1-2,4-5H3;3H2,1-2H3. The maximum Gasteiger partial charge on any atom is 0.356 e. The first-order valence-corrected chi connectivity index (χ1v) is 10.7. The minimum Gasteiger partial charge on any atom is -0.478 e. The number of carbonyl (C=O) groups is 3. The molecule has 1 unspecified atom stereocenters. The van der Waals surface area contributed by atoms with E-state index in [2.05, 4.69) is 30.2 Å². The number of carbonyl (C=O) groups excluding carboxylic acids is 3. The lowest BCUT2D eigenvalue weighted by atomic mass is 10.1. The molecule has 2 rings (SSSR count). The van der Waals surface area contributed by atoms with E-state index in [1.165, 1.54) is 36.4 Å². The number of ketones is 1. The van der Waals surface area contributed by atoms with Crippen LogP contribution in [0, 0.1) is 11.7 Å². The van der Waals surface area contributed by atoms with Gasteiger partial charge in [-0.3, -0.25) is 9.59 Å². The molecule has 0 aliphatic carbocycles. The van der Waals surface area contributed by atoms with Gasteiger partial charge in [0.15, 0.2) is 6.73 Å². The summed E-state index contributed by atoms with van der Waals surface area (Å²) < 4.78 is 30.1. The number of fused-ring (bicyclic) bond motifs is 1. The normalized spacial score (nSPS) is 12.0. The highest BCUT2D eigenvalue weighted by Crippen LogP contribution is 2.24. The Morgan fingerprint density at radius 2 is 1.79 bits per heavy atom.